The average Bonchev–Trinajstić information content (AvgIpc) is 2.31. The molecular formula is C9H13NO2. The maximum atomic E-state index is 5.11. The van der Waals surface area contributed by atoms with E-state index < -0.39 is 0 Å². The van der Waals surface area contributed by atoms with Crippen molar-refractivity contribution in [1.29, 1.82) is 0 Å². The molecule has 0 atom stereocenters. The van der Waals surface area contributed by atoms with Gasteiger partial charge in [0.1, 0.15) is 6.26 Å². The summed E-state index contributed by atoms with van der Waals surface area (Å²) < 4.78 is 10.1. The zero-order valence-corrected chi connectivity index (χ0v) is 7.41. The number of aromatic nitrogens is 1. The van der Waals surface area contributed by atoms with Crippen LogP contribution < -0.4 is 0 Å². The molecule has 0 amide bonds. The summed E-state index contributed by atoms with van der Waals surface area (Å²) in [6.45, 7) is 5.89. The normalized spacial score (nSPS) is 18.2. The fourth-order valence-corrected chi connectivity index (χ4v) is 1.39. The zero-order chi connectivity index (χ0) is 8.55. The second-order valence-corrected chi connectivity index (χ2v) is 3.54. The first-order valence-electron chi connectivity index (χ1n) is 4.31. The summed E-state index contributed by atoms with van der Waals surface area (Å²) in [5.41, 5.74) is 2.32. The molecule has 1 fully saturated rings. The fourth-order valence-electron chi connectivity index (χ4n) is 1.39. The molecule has 0 saturated carbocycles. The highest BCUT2D eigenvalue weighted by molar-refractivity contribution is 5.23. The van der Waals surface area contributed by atoms with Gasteiger partial charge in [-0.1, -0.05) is 19.0 Å². The van der Waals surface area contributed by atoms with Gasteiger partial charge in [-0.05, 0) is 5.92 Å². The topological polar surface area (TPSA) is 35.3 Å². The summed E-state index contributed by atoms with van der Waals surface area (Å²) >= 11 is 0. The van der Waals surface area contributed by atoms with Crippen molar-refractivity contribution >= 4 is 0 Å². The van der Waals surface area contributed by atoms with Gasteiger partial charge in [-0.15, -0.1) is 0 Å². The van der Waals surface area contributed by atoms with E-state index in [1.165, 1.54) is 5.56 Å². The van der Waals surface area contributed by atoms with E-state index in [1.807, 2.05) is 0 Å². The minimum Gasteiger partial charge on any atom is -0.380 e. The third-order valence-electron chi connectivity index (χ3n) is 2.27. The molecule has 1 aliphatic rings. The molecule has 66 valence electrons. The molecule has 0 radical (unpaired) electrons. The maximum Gasteiger partial charge on any atom is 0.127 e. The van der Waals surface area contributed by atoms with Crippen molar-refractivity contribution in [2.24, 2.45) is 0 Å². The lowest BCUT2D eigenvalue weighted by molar-refractivity contribution is 0.00519. The molecule has 0 unspecified atom stereocenters. The standard InChI is InChI=1S/C9H13NO2/c1-6(2)8-5-12-10-9(8)7-3-11-4-7/h5-7H,3-4H2,1-2H3. The van der Waals surface area contributed by atoms with Gasteiger partial charge in [-0.2, -0.15) is 0 Å². The van der Waals surface area contributed by atoms with Crippen molar-refractivity contribution in [3.8, 4) is 0 Å². The van der Waals surface area contributed by atoms with E-state index >= 15 is 0 Å². The van der Waals surface area contributed by atoms with Crippen LogP contribution in [0.2, 0.25) is 0 Å². The first kappa shape index (κ1) is 7.80. The van der Waals surface area contributed by atoms with Gasteiger partial charge in [0.2, 0.25) is 0 Å². The van der Waals surface area contributed by atoms with Crippen molar-refractivity contribution in [1.82, 2.24) is 5.16 Å². The summed E-state index contributed by atoms with van der Waals surface area (Å²) in [5.74, 6) is 0.966. The number of rotatable bonds is 2. The zero-order valence-electron chi connectivity index (χ0n) is 7.41. The van der Waals surface area contributed by atoms with Crippen molar-refractivity contribution < 1.29 is 9.26 Å². The summed E-state index contributed by atoms with van der Waals surface area (Å²) in [4.78, 5) is 0. The van der Waals surface area contributed by atoms with Gasteiger partial charge < -0.3 is 9.26 Å². The average molecular weight is 167 g/mol. The van der Waals surface area contributed by atoms with Crippen LogP contribution in [-0.2, 0) is 4.74 Å². The molecule has 0 N–H and O–H groups in total. The van der Waals surface area contributed by atoms with Crippen LogP contribution in [0.15, 0.2) is 10.8 Å². The van der Waals surface area contributed by atoms with Crippen LogP contribution in [0, 0.1) is 0 Å². The van der Waals surface area contributed by atoms with E-state index in [-0.39, 0.29) is 0 Å². The largest absolute Gasteiger partial charge is 0.380 e. The number of ether oxygens (including phenoxy) is 1. The van der Waals surface area contributed by atoms with Crippen molar-refractivity contribution in [2.75, 3.05) is 13.2 Å². The van der Waals surface area contributed by atoms with Crippen molar-refractivity contribution in [2.45, 2.75) is 25.7 Å². The molecular weight excluding hydrogens is 154 g/mol. The van der Waals surface area contributed by atoms with Gasteiger partial charge in [-0.3, -0.25) is 0 Å². The first-order chi connectivity index (χ1) is 5.79. The van der Waals surface area contributed by atoms with Crippen LogP contribution in [0.4, 0.5) is 0 Å². The van der Waals surface area contributed by atoms with Crippen LogP contribution in [0.1, 0.15) is 36.9 Å². The third-order valence-corrected chi connectivity index (χ3v) is 2.27. The van der Waals surface area contributed by atoms with Gasteiger partial charge in [0, 0.05) is 5.56 Å². The monoisotopic (exact) mass is 167 g/mol. The molecule has 1 saturated heterocycles. The maximum absolute atomic E-state index is 5.11. The highest BCUT2D eigenvalue weighted by Crippen LogP contribution is 2.29. The van der Waals surface area contributed by atoms with E-state index in [4.69, 9.17) is 9.26 Å². The second kappa shape index (κ2) is 2.90. The van der Waals surface area contributed by atoms with Gasteiger partial charge >= 0.3 is 0 Å². The van der Waals surface area contributed by atoms with Crippen LogP contribution in [0.3, 0.4) is 0 Å². The molecule has 3 nitrogen and oxygen atoms in total. The van der Waals surface area contributed by atoms with Crippen LogP contribution in [0.5, 0.6) is 0 Å². The lowest BCUT2D eigenvalue weighted by Gasteiger charge is -2.25. The Balaban J connectivity index is 2.23. The molecule has 0 bridgehead atoms. The molecule has 1 aromatic rings. The van der Waals surface area contributed by atoms with Gasteiger partial charge in [0.05, 0.1) is 24.8 Å². The summed E-state index contributed by atoms with van der Waals surface area (Å²) in [7, 11) is 0. The SMILES string of the molecule is CC(C)c1conc1C1COC1. The highest BCUT2D eigenvalue weighted by atomic mass is 16.5. The molecule has 1 aliphatic heterocycles. The summed E-state index contributed by atoms with van der Waals surface area (Å²) in [5, 5.41) is 4.00. The fraction of sp³-hybridized carbons (Fsp3) is 0.667. The molecule has 3 heteroatoms. The summed E-state index contributed by atoms with van der Waals surface area (Å²) in [6, 6.07) is 0. The Morgan fingerprint density at radius 1 is 1.50 bits per heavy atom. The molecule has 12 heavy (non-hydrogen) atoms. The predicted octanol–water partition coefficient (Wildman–Crippen LogP) is 1.91. The van der Waals surface area contributed by atoms with Gasteiger partial charge in [0.15, 0.2) is 0 Å². The van der Waals surface area contributed by atoms with Crippen LogP contribution in [0.25, 0.3) is 0 Å². The summed E-state index contributed by atoms with van der Waals surface area (Å²) in [6.07, 6.45) is 1.75. The Morgan fingerprint density at radius 2 is 2.25 bits per heavy atom. The molecule has 2 rings (SSSR count). The second-order valence-electron chi connectivity index (χ2n) is 3.54. The van der Waals surface area contributed by atoms with E-state index in [2.05, 4.69) is 19.0 Å². The number of hydrogen-bond acceptors (Lipinski definition) is 3. The molecule has 1 aromatic heterocycles. The highest BCUT2D eigenvalue weighted by Gasteiger charge is 2.27. The minimum absolute atomic E-state index is 0.473. The van der Waals surface area contributed by atoms with Crippen molar-refractivity contribution in [3.05, 3.63) is 17.5 Å². The van der Waals surface area contributed by atoms with E-state index in [1.54, 1.807) is 6.26 Å². The molecule has 0 aliphatic carbocycles. The van der Waals surface area contributed by atoms with Crippen LogP contribution in [-0.4, -0.2) is 18.4 Å². The Bertz CT molecular complexity index is 263. The lowest BCUT2D eigenvalue weighted by Crippen LogP contribution is -2.26. The van der Waals surface area contributed by atoms with Gasteiger partial charge in [-0.25, -0.2) is 0 Å². The smallest absolute Gasteiger partial charge is 0.127 e. The third kappa shape index (κ3) is 1.14. The van der Waals surface area contributed by atoms with E-state index in [0.717, 1.165) is 18.9 Å². The van der Waals surface area contributed by atoms with E-state index in [9.17, 15) is 0 Å². The number of nitrogens with zero attached hydrogens (tertiary/aromatic N) is 1. The lowest BCUT2D eigenvalue weighted by atomic mass is 9.95. The Hall–Kier alpha value is -0.830. The van der Waals surface area contributed by atoms with E-state index in [0.29, 0.717) is 11.8 Å². The number of hydrogen-bond donors (Lipinski definition) is 0. The van der Waals surface area contributed by atoms with Crippen LogP contribution >= 0.6 is 0 Å². The molecule has 2 heterocycles. The van der Waals surface area contributed by atoms with Crippen molar-refractivity contribution in [3.63, 3.8) is 0 Å². The predicted molar refractivity (Wildman–Crippen MR) is 44.2 cm³/mol. The Morgan fingerprint density at radius 3 is 2.75 bits per heavy atom. The first-order valence-corrected chi connectivity index (χ1v) is 4.31. The quantitative estimate of drug-likeness (QED) is 0.675. The minimum atomic E-state index is 0.473. The molecule has 0 spiro atoms. The Labute approximate surface area is 71.7 Å². The molecule has 0 aromatic carbocycles. The van der Waals surface area contributed by atoms with Gasteiger partial charge in [0.25, 0.3) is 0 Å². The Kier molecular flexibility index (Phi) is 1.89.